The van der Waals surface area contributed by atoms with Crippen molar-refractivity contribution >= 4 is 10.9 Å². The van der Waals surface area contributed by atoms with E-state index in [1.807, 2.05) is 12.3 Å². The molecule has 0 radical (unpaired) electrons. The fourth-order valence-electron chi connectivity index (χ4n) is 3.04. The van der Waals surface area contributed by atoms with Crippen molar-refractivity contribution in [2.24, 2.45) is 0 Å². The van der Waals surface area contributed by atoms with Crippen LogP contribution in [0.3, 0.4) is 0 Å². The smallest absolute Gasteiger partial charge is 0.0639 e. The maximum atomic E-state index is 4.25. The maximum Gasteiger partial charge on any atom is 0.0639 e. The zero-order chi connectivity index (χ0) is 15.6. The van der Waals surface area contributed by atoms with E-state index in [4.69, 9.17) is 0 Å². The van der Waals surface area contributed by atoms with Crippen LogP contribution in [0.4, 0.5) is 0 Å². The number of aryl methyl sites for hydroxylation is 1. The van der Waals surface area contributed by atoms with E-state index >= 15 is 0 Å². The van der Waals surface area contributed by atoms with Gasteiger partial charge >= 0.3 is 0 Å². The Morgan fingerprint density at radius 3 is 2.48 bits per heavy atom. The van der Waals surface area contributed by atoms with Gasteiger partial charge in [0.15, 0.2) is 0 Å². The highest BCUT2D eigenvalue weighted by Gasteiger charge is 2.11. The van der Waals surface area contributed by atoms with Crippen molar-refractivity contribution in [1.82, 2.24) is 9.55 Å². The maximum absolute atomic E-state index is 4.25. The minimum atomic E-state index is 1.07. The normalized spacial score (nSPS) is 11.0. The number of nitrogens with zero attached hydrogens (tertiary/aromatic N) is 2. The summed E-state index contributed by atoms with van der Waals surface area (Å²) in [6, 6.07) is 21.4. The number of aromatic nitrogens is 2. The number of fused-ring (bicyclic) bond motifs is 1. The summed E-state index contributed by atoms with van der Waals surface area (Å²) in [5.74, 6) is 0. The third kappa shape index (κ3) is 2.42. The molecule has 0 amide bonds. The standard InChI is InChI=1S/C21H18N2/c1-2-16-9-11-17(12-10-16)20-15-23(18-6-5-13-22-14-18)21-8-4-3-7-19(20)21/h3-15H,2H2,1H3. The van der Waals surface area contributed by atoms with Crippen molar-refractivity contribution in [3.05, 3.63) is 84.8 Å². The highest BCUT2D eigenvalue weighted by atomic mass is 15.0. The van der Waals surface area contributed by atoms with Gasteiger partial charge in [-0.1, -0.05) is 49.4 Å². The van der Waals surface area contributed by atoms with Crippen LogP contribution in [-0.4, -0.2) is 9.55 Å². The molecular weight excluding hydrogens is 280 g/mol. The third-order valence-electron chi connectivity index (χ3n) is 4.31. The molecule has 0 N–H and O–H groups in total. The first-order valence-electron chi connectivity index (χ1n) is 7.96. The van der Waals surface area contributed by atoms with Crippen LogP contribution in [0.15, 0.2) is 79.3 Å². The van der Waals surface area contributed by atoms with E-state index in [0.29, 0.717) is 0 Å². The van der Waals surface area contributed by atoms with E-state index in [9.17, 15) is 0 Å². The van der Waals surface area contributed by atoms with E-state index in [1.165, 1.54) is 27.6 Å². The van der Waals surface area contributed by atoms with Crippen LogP contribution in [-0.2, 0) is 6.42 Å². The predicted molar refractivity (Wildman–Crippen MR) is 95.9 cm³/mol. The molecule has 0 aliphatic rings. The molecular formula is C21H18N2. The molecule has 23 heavy (non-hydrogen) atoms. The second-order valence-corrected chi connectivity index (χ2v) is 5.69. The number of hydrogen-bond acceptors (Lipinski definition) is 1. The summed E-state index contributed by atoms with van der Waals surface area (Å²) in [6.45, 7) is 2.18. The molecule has 0 aliphatic heterocycles. The van der Waals surface area contributed by atoms with E-state index in [2.05, 4.69) is 77.3 Å². The van der Waals surface area contributed by atoms with Crippen molar-refractivity contribution in [3.8, 4) is 16.8 Å². The highest BCUT2D eigenvalue weighted by molar-refractivity contribution is 5.97. The summed E-state index contributed by atoms with van der Waals surface area (Å²) in [5.41, 5.74) is 6.16. The van der Waals surface area contributed by atoms with Crippen LogP contribution in [0.25, 0.3) is 27.7 Å². The highest BCUT2D eigenvalue weighted by Crippen LogP contribution is 2.32. The molecule has 2 nitrogen and oxygen atoms in total. The van der Waals surface area contributed by atoms with Crippen LogP contribution in [0.1, 0.15) is 12.5 Å². The molecule has 0 bridgehead atoms. The van der Waals surface area contributed by atoms with Gasteiger partial charge in [-0.3, -0.25) is 4.98 Å². The van der Waals surface area contributed by atoms with Gasteiger partial charge in [0.1, 0.15) is 0 Å². The number of pyridine rings is 1. The molecule has 0 saturated carbocycles. The topological polar surface area (TPSA) is 17.8 Å². The first kappa shape index (κ1) is 13.8. The SMILES string of the molecule is CCc1ccc(-c2cn(-c3cccnc3)c3ccccc23)cc1. The number of hydrogen-bond donors (Lipinski definition) is 0. The molecule has 4 aromatic rings. The lowest BCUT2D eigenvalue weighted by molar-refractivity contribution is 1.10. The molecule has 0 spiro atoms. The zero-order valence-corrected chi connectivity index (χ0v) is 13.1. The molecule has 112 valence electrons. The lowest BCUT2D eigenvalue weighted by Crippen LogP contribution is -1.91. The van der Waals surface area contributed by atoms with Crippen LogP contribution < -0.4 is 0 Å². The Hall–Kier alpha value is -2.87. The fraction of sp³-hybridized carbons (Fsp3) is 0.0952. The van der Waals surface area contributed by atoms with E-state index in [0.717, 1.165) is 12.1 Å². The molecule has 2 aromatic heterocycles. The van der Waals surface area contributed by atoms with Crippen LogP contribution >= 0.6 is 0 Å². The van der Waals surface area contributed by atoms with E-state index in [1.54, 1.807) is 6.20 Å². The summed E-state index contributed by atoms with van der Waals surface area (Å²) in [4.78, 5) is 4.25. The van der Waals surface area contributed by atoms with Gasteiger partial charge in [-0.15, -0.1) is 0 Å². The molecule has 0 aliphatic carbocycles. The van der Waals surface area contributed by atoms with Crippen molar-refractivity contribution in [2.75, 3.05) is 0 Å². The van der Waals surface area contributed by atoms with Crippen LogP contribution in [0, 0.1) is 0 Å². The molecule has 0 atom stereocenters. The first-order chi connectivity index (χ1) is 11.4. The average Bonchev–Trinajstić information content (AvgIpc) is 3.02. The van der Waals surface area contributed by atoms with Gasteiger partial charge in [-0.2, -0.15) is 0 Å². The second-order valence-electron chi connectivity index (χ2n) is 5.69. The molecule has 0 unspecified atom stereocenters. The summed E-state index contributed by atoms with van der Waals surface area (Å²) in [7, 11) is 0. The predicted octanol–water partition coefficient (Wildman–Crippen LogP) is 5.25. The minimum absolute atomic E-state index is 1.07. The van der Waals surface area contributed by atoms with Crippen molar-refractivity contribution < 1.29 is 0 Å². The molecule has 2 heterocycles. The van der Waals surface area contributed by atoms with Crippen molar-refractivity contribution in [3.63, 3.8) is 0 Å². The summed E-state index contributed by atoms with van der Waals surface area (Å²) < 4.78 is 2.21. The van der Waals surface area contributed by atoms with Crippen LogP contribution in [0.5, 0.6) is 0 Å². The quantitative estimate of drug-likeness (QED) is 0.505. The summed E-state index contributed by atoms with van der Waals surface area (Å²) in [5, 5.41) is 1.26. The lowest BCUT2D eigenvalue weighted by Gasteiger charge is -2.03. The molecule has 2 aromatic carbocycles. The Kier molecular flexibility index (Phi) is 3.43. The fourth-order valence-corrected chi connectivity index (χ4v) is 3.04. The molecule has 4 rings (SSSR count). The van der Waals surface area contributed by atoms with E-state index < -0.39 is 0 Å². The zero-order valence-electron chi connectivity index (χ0n) is 13.1. The van der Waals surface area contributed by atoms with Gasteiger partial charge in [-0.25, -0.2) is 0 Å². The largest absolute Gasteiger partial charge is 0.314 e. The van der Waals surface area contributed by atoms with Crippen molar-refractivity contribution in [2.45, 2.75) is 13.3 Å². The number of rotatable bonds is 3. The van der Waals surface area contributed by atoms with Gasteiger partial charge in [-0.05, 0) is 35.7 Å². The van der Waals surface area contributed by atoms with Crippen LogP contribution in [0.2, 0.25) is 0 Å². The Balaban J connectivity index is 1.93. The van der Waals surface area contributed by atoms with Gasteiger partial charge in [0.25, 0.3) is 0 Å². The number of benzene rings is 2. The first-order valence-corrected chi connectivity index (χ1v) is 7.96. The Bertz CT molecular complexity index is 935. The van der Waals surface area contributed by atoms with Gasteiger partial charge < -0.3 is 4.57 Å². The van der Waals surface area contributed by atoms with Gasteiger partial charge in [0, 0.05) is 23.3 Å². The summed E-state index contributed by atoms with van der Waals surface area (Å²) >= 11 is 0. The molecule has 0 fully saturated rings. The second kappa shape index (κ2) is 5.73. The third-order valence-corrected chi connectivity index (χ3v) is 4.31. The minimum Gasteiger partial charge on any atom is -0.314 e. The Labute approximate surface area is 136 Å². The molecule has 0 saturated heterocycles. The summed E-state index contributed by atoms with van der Waals surface area (Å²) in [6.07, 6.45) is 6.98. The lowest BCUT2D eigenvalue weighted by atomic mass is 10.0. The Morgan fingerprint density at radius 2 is 1.74 bits per heavy atom. The average molecular weight is 298 g/mol. The van der Waals surface area contributed by atoms with Crippen molar-refractivity contribution in [1.29, 1.82) is 0 Å². The molecule has 2 heteroatoms. The van der Waals surface area contributed by atoms with Gasteiger partial charge in [0.05, 0.1) is 17.4 Å². The van der Waals surface area contributed by atoms with Gasteiger partial charge in [0.2, 0.25) is 0 Å². The monoisotopic (exact) mass is 298 g/mol. The van der Waals surface area contributed by atoms with E-state index in [-0.39, 0.29) is 0 Å². The Morgan fingerprint density at radius 1 is 0.913 bits per heavy atom. The number of para-hydroxylation sites is 1.